The van der Waals surface area contributed by atoms with Crippen LogP contribution in [0.15, 0.2) is 54.1 Å². The maximum Gasteiger partial charge on any atom is 0.255 e. The molecule has 48 heavy (non-hydrogen) atoms. The van der Waals surface area contributed by atoms with Crippen LogP contribution in [0.5, 0.6) is 5.75 Å². The van der Waals surface area contributed by atoms with Crippen LogP contribution in [-0.4, -0.2) is 49.5 Å². The molecule has 4 rings (SSSR count). The van der Waals surface area contributed by atoms with Crippen LogP contribution in [0, 0.1) is 19.3 Å². The summed E-state index contributed by atoms with van der Waals surface area (Å²) in [4.78, 5) is 53.8. The second-order valence-corrected chi connectivity index (χ2v) is 14.4. The van der Waals surface area contributed by atoms with E-state index in [0.29, 0.717) is 34.9 Å². The Kier molecular flexibility index (Phi) is 13.0. The predicted molar refractivity (Wildman–Crippen MR) is 193 cm³/mol. The van der Waals surface area contributed by atoms with E-state index in [9.17, 15) is 14.4 Å². The third kappa shape index (κ3) is 9.79. The van der Waals surface area contributed by atoms with Crippen molar-refractivity contribution in [1.82, 2.24) is 19.5 Å². The first-order chi connectivity index (χ1) is 22.9. The van der Waals surface area contributed by atoms with E-state index >= 15 is 0 Å². The number of Topliss-reactive ketones (excluding diaryl/α,β-unsaturated/α-hetero) is 1. The number of aryl methyl sites for hydroxylation is 2. The van der Waals surface area contributed by atoms with Crippen LogP contribution >= 0.6 is 23.4 Å². The summed E-state index contributed by atoms with van der Waals surface area (Å²) in [6.45, 7) is 11.9. The Morgan fingerprint density at radius 1 is 0.979 bits per heavy atom. The van der Waals surface area contributed by atoms with E-state index in [2.05, 4.69) is 38.6 Å². The standard InChI is InChI=1S/C36H45ClN6O4S/c1-7-8-9-10-18-48-35-30-33(38-21-39-35)43(22-40-30)31(32(45)36(4,5)6)34(46)42-27-20-25(14-15-26(27)37)41-29(44)12-11-17-47-28-16-13-23(2)19-24(28)3/h13-16,19-22,31H,7-12,17-18H2,1-6H3,(H,41,44)(H,42,46). The first-order valence-electron chi connectivity index (χ1n) is 16.3. The summed E-state index contributed by atoms with van der Waals surface area (Å²) >= 11 is 8.08. The van der Waals surface area contributed by atoms with E-state index < -0.39 is 17.4 Å². The number of carbonyl (C=O) groups is 3. The first kappa shape index (κ1) is 36.9. The van der Waals surface area contributed by atoms with Crippen molar-refractivity contribution in [2.24, 2.45) is 5.41 Å². The van der Waals surface area contributed by atoms with Gasteiger partial charge >= 0.3 is 0 Å². The average Bonchev–Trinajstić information content (AvgIpc) is 3.46. The maximum absolute atomic E-state index is 13.9. The Hall–Kier alpha value is -3.96. The molecule has 0 saturated heterocycles. The number of nitrogens with one attached hydrogen (secondary N) is 2. The summed E-state index contributed by atoms with van der Waals surface area (Å²) < 4.78 is 7.34. The number of aromatic nitrogens is 4. The minimum absolute atomic E-state index is 0.205. The number of ether oxygens (including phenoxy) is 1. The fourth-order valence-electron chi connectivity index (χ4n) is 5.10. The zero-order chi connectivity index (χ0) is 34.8. The second-order valence-electron chi connectivity index (χ2n) is 12.9. The van der Waals surface area contributed by atoms with Gasteiger partial charge in [-0.15, -0.1) is 11.8 Å². The number of imidazole rings is 1. The monoisotopic (exact) mass is 692 g/mol. The second kappa shape index (κ2) is 16.9. The summed E-state index contributed by atoms with van der Waals surface area (Å²) in [5.41, 5.74) is 3.00. The van der Waals surface area contributed by atoms with Gasteiger partial charge in [0, 0.05) is 17.5 Å². The molecule has 0 saturated carbocycles. The van der Waals surface area contributed by atoms with Crippen LogP contribution in [0.4, 0.5) is 11.4 Å². The molecule has 0 spiro atoms. The highest BCUT2D eigenvalue weighted by molar-refractivity contribution is 7.99. The molecule has 0 fully saturated rings. The molecule has 0 radical (unpaired) electrons. The van der Waals surface area contributed by atoms with Gasteiger partial charge in [-0.05, 0) is 62.3 Å². The predicted octanol–water partition coefficient (Wildman–Crippen LogP) is 8.36. The van der Waals surface area contributed by atoms with E-state index in [1.54, 1.807) is 50.7 Å². The molecule has 2 N–H and O–H groups in total. The van der Waals surface area contributed by atoms with Crippen molar-refractivity contribution in [3.05, 3.63) is 65.2 Å². The van der Waals surface area contributed by atoms with Gasteiger partial charge in [-0.2, -0.15) is 0 Å². The number of thioether (sulfide) groups is 1. The molecule has 12 heteroatoms. The Bertz CT molecular complexity index is 1750. The number of amides is 2. The van der Waals surface area contributed by atoms with Gasteiger partial charge in [-0.1, -0.05) is 76.3 Å². The minimum atomic E-state index is -1.28. The summed E-state index contributed by atoms with van der Waals surface area (Å²) in [5.74, 6) is 0.556. The maximum atomic E-state index is 13.9. The summed E-state index contributed by atoms with van der Waals surface area (Å²) in [6.07, 6.45) is 8.21. The lowest BCUT2D eigenvalue weighted by Crippen LogP contribution is -2.38. The normalized spacial score (nSPS) is 12.1. The molecule has 256 valence electrons. The van der Waals surface area contributed by atoms with Gasteiger partial charge in [0.15, 0.2) is 17.5 Å². The molecule has 0 aliphatic rings. The van der Waals surface area contributed by atoms with Crippen molar-refractivity contribution in [3.63, 3.8) is 0 Å². The lowest BCUT2D eigenvalue weighted by atomic mass is 9.86. The number of halogens is 1. The number of unbranched alkanes of at least 4 members (excludes halogenated alkanes) is 3. The van der Waals surface area contributed by atoms with Crippen LogP contribution in [0.2, 0.25) is 5.02 Å². The molecule has 1 atom stereocenters. The Labute approximate surface area is 291 Å². The number of benzene rings is 2. The van der Waals surface area contributed by atoms with E-state index in [4.69, 9.17) is 16.3 Å². The molecule has 4 aromatic rings. The first-order valence-corrected chi connectivity index (χ1v) is 17.7. The topological polar surface area (TPSA) is 128 Å². The van der Waals surface area contributed by atoms with Gasteiger partial charge in [0.05, 0.1) is 23.6 Å². The van der Waals surface area contributed by atoms with Gasteiger partial charge in [-0.3, -0.25) is 19.0 Å². The van der Waals surface area contributed by atoms with E-state index in [1.807, 2.05) is 26.0 Å². The molecule has 0 aliphatic heterocycles. The van der Waals surface area contributed by atoms with Crippen molar-refractivity contribution < 1.29 is 19.1 Å². The summed E-state index contributed by atoms with van der Waals surface area (Å²) in [6, 6.07) is 9.51. The molecule has 0 aliphatic carbocycles. The zero-order valence-electron chi connectivity index (χ0n) is 28.6. The van der Waals surface area contributed by atoms with Crippen LogP contribution in [0.3, 0.4) is 0 Å². The summed E-state index contributed by atoms with van der Waals surface area (Å²) in [5, 5.41) is 6.64. The van der Waals surface area contributed by atoms with E-state index in [-0.39, 0.29) is 28.8 Å². The van der Waals surface area contributed by atoms with Crippen molar-refractivity contribution in [3.8, 4) is 5.75 Å². The number of anilines is 2. The minimum Gasteiger partial charge on any atom is -0.493 e. The Morgan fingerprint density at radius 3 is 2.50 bits per heavy atom. The fraction of sp³-hybridized carbons (Fsp3) is 0.444. The van der Waals surface area contributed by atoms with Crippen LogP contribution in [0.1, 0.15) is 83.4 Å². The molecule has 1 unspecified atom stereocenters. The molecule has 2 aromatic heterocycles. The molecular formula is C36H45ClN6O4S. The van der Waals surface area contributed by atoms with Gasteiger partial charge < -0.3 is 15.4 Å². The highest BCUT2D eigenvalue weighted by Gasteiger charge is 2.37. The van der Waals surface area contributed by atoms with Crippen LogP contribution in [-0.2, 0) is 14.4 Å². The molecule has 0 bridgehead atoms. The summed E-state index contributed by atoms with van der Waals surface area (Å²) in [7, 11) is 0. The zero-order valence-corrected chi connectivity index (χ0v) is 30.1. The molecule has 2 heterocycles. The van der Waals surface area contributed by atoms with Gasteiger partial charge in [-0.25, -0.2) is 15.0 Å². The van der Waals surface area contributed by atoms with E-state index in [1.165, 1.54) is 23.6 Å². The van der Waals surface area contributed by atoms with Crippen molar-refractivity contribution in [1.29, 1.82) is 0 Å². The number of rotatable bonds is 16. The SMILES string of the molecule is CCCCCCSc1ncnc2c1ncn2C(C(=O)Nc1cc(NC(=O)CCCOc2ccc(C)cc2C)ccc1Cl)C(=O)C(C)(C)C. The third-order valence-electron chi connectivity index (χ3n) is 7.72. The number of hydrogen-bond donors (Lipinski definition) is 2. The van der Waals surface area contributed by atoms with Gasteiger partial charge in [0.25, 0.3) is 5.91 Å². The Balaban J connectivity index is 1.46. The number of carbonyl (C=O) groups excluding carboxylic acids is 3. The third-order valence-corrected chi connectivity index (χ3v) is 9.11. The van der Waals surface area contributed by atoms with Gasteiger partial charge in [0.1, 0.15) is 22.6 Å². The fourth-order valence-corrected chi connectivity index (χ4v) is 6.21. The lowest BCUT2D eigenvalue weighted by Gasteiger charge is -2.25. The number of nitrogens with zero attached hydrogens (tertiary/aromatic N) is 4. The Morgan fingerprint density at radius 2 is 1.77 bits per heavy atom. The highest BCUT2D eigenvalue weighted by atomic mass is 35.5. The molecule has 2 amide bonds. The van der Waals surface area contributed by atoms with E-state index in [0.717, 1.165) is 41.9 Å². The van der Waals surface area contributed by atoms with Crippen LogP contribution < -0.4 is 15.4 Å². The quantitative estimate of drug-likeness (QED) is 0.0519. The molecular weight excluding hydrogens is 648 g/mol. The number of fused-ring (bicyclic) bond motifs is 1. The van der Waals surface area contributed by atoms with Crippen molar-refractivity contribution >= 4 is 63.5 Å². The van der Waals surface area contributed by atoms with Crippen molar-refractivity contribution in [2.75, 3.05) is 23.0 Å². The highest BCUT2D eigenvalue weighted by Crippen LogP contribution is 2.32. The molecule has 10 nitrogen and oxygen atoms in total. The van der Waals surface area contributed by atoms with Crippen LogP contribution in [0.25, 0.3) is 11.2 Å². The number of ketones is 1. The largest absolute Gasteiger partial charge is 0.493 e. The van der Waals surface area contributed by atoms with Crippen molar-refractivity contribution in [2.45, 2.75) is 91.1 Å². The smallest absolute Gasteiger partial charge is 0.255 e. The number of hydrogen-bond acceptors (Lipinski definition) is 8. The lowest BCUT2D eigenvalue weighted by molar-refractivity contribution is -0.135. The van der Waals surface area contributed by atoms with Gasteiger partial charge in [0.2, 0.25) is 5.91 Å². The molecule has 2 aromatic carbocycles. The average molecular weight is 693 g/mol.